The predicted octanol–water partition coefficient (Wildman–Crippen LogP) is 2.29. The molecule has 0 saturated carbocycles. The first-order chi connectivity index (χ1) is 9.78. The van der Waals surface area contributed by atoms with E-state index in [4.69, 9.17) is 4.74 Å². The molecule has 108 valence electrons. The molecule has 2 aromatic rings. The summed E-state index contributed by atoms with van der Waals surface area (Å²) in [7, 11) is 0. The maximum atomic E-state index is 5.88. The van der Waals surface area contributed by atoms with Gasteiger partial charge in [0.25, 0.3) is 0 Å². The summed E-state index contributed by atoms with van der Waals surface area (Å²) in [4.78, 5) is 8.95. The molecule has 2 aromatic heterocycles. The van der Waals surface area contributed by atoms with Crippen LogP contribution in [0, 0.1) is 6.92 Å². The number of nitrogens with one attached hydrogen (secondary N) is 1. The monoisotopic (exact) mass is 292 g/mol. The summed E-state index contributed by atoms with van der Waals surface area (Å²) in [6.07, 6.45) is 4.93. The van der Waals surface area contributed by atoms with Gasteiger partial charge in [-0.2, -0.15) is 0 Å². The van der Waals surface area contributed by atoms with Gasteiger partial charge in [-0.1, -0.05) is 0 Å². The summed E-state index contributed by atoms with van der Waals surface area (Å²) in [6, 6.07) is 0.312. The molecule has 0 radical (unpaired) electrons. The normalized spacial score (nSPS) is 22.5. The van der Waals surface area contributed by atoms with Crippen LogP contribution in [-0.4, -0.2) is 27.2 Å². The SMILES string of the molecule is CCn1ccnc1[C@H]1OCC[C@@H]1NCc1nc(C)cs1. The zero-order valence-corrected chi connectivity index (χ0v) is 12.7. The Morgan fingerprint density at radius 2 is 2.45 bits per heavy atom. The largest absolute Gasteiger partial charge is 0.369 e. The van der Waals surface area contributed by atoms with E-state index in [1.54, 1.807) is 11.3 Å². The molecule has 3 rings (SSSR count). The van der Waals surface area contributed by atoms with Crippen molar-refractivity contribution in [3.8, 4) is 0 Å². The van der Waals surface area contributed by atoms with Gasteiger partial charge in [0.2, 0.25) is 0 Å². The number of aryl methyl sites for hydroxylation is 2. The molecule has 3 heterocycles. The number of rotatable bonds is 5. The van der Waals surface area contributed by atoms with Gasteiger partial charge in [-0.3, -0.25) is 0 Å². The highest BCUT2D eigenvalue weighted by Crippen LogP contribution is 2.28. The molecule has 1 N–H and O–H groups in total. The molecular formula is C14H20N4OS. The van der Waals surface area contributed by atoms with Gasteiger partial charge < -0.3 is 14.6 Å². The van der Waals surface area contributed by atoms with E-state index >= 15 is 0 Å². The van der Waals surface area contributed by atoms with Crippen molar-refractivity contribution in [1.29, 1.82) is 0 Å². The summed E-state index contributed by atoms with van der Waals surface area (Å²) < 4.78 is 8.03. The molecular weight excluding hydrogens is 272 g/mol. The number of thiazole rings is 1. The zero-order valence-electron chi connectivity index (χ0n) is 11.9. The van der Waals surface area contributed by atoms with Gasteiger partial charge in [0.1, 0.15) is 16.9 Å². The Bertz CT molecular complexity index is 565. The highest BCUT2D eigenvalue weighted by atomic mass is 32.1. The van der Waals surface area contributed by atoms with Crippen LogP contribution in [0.5, 0.6) is 0 Å². The molecule has 2 atom stereocenters. The fourth-order valence-electron chi connectivity index (χ4n) is 2.60. The fourth-order valence-corrected chi connectivity index (χ4v) is 3.32. The Morgan fingerprint density at radius 1 is 1.55 bits per heavy atom. The maximum Gasteiger partial charge on any atom is 0.139 e. The van der Waals surface area contributed by atoms with Gasteiger partial charge in [-0.05, 0) is 20.3 Å². The summed E-state index contributed by atoms with van der Waals surface area (Å²) in [5.74, 6) is 1.03. The molecule has 5 nitrogen and oxygen atoms in total. The Balaban J connectivity index is 1.66. The van der Waals surface area contributed by atoms with Crippen LogP contribution in [0.15, 0.2) is 17.8 Å². The minimum absolute atomic E-state index is 0.0472. The van der Waals surface area contributed by atoms with E-state index in [-0.39, 0.29) is 6.10 Å². The topological polar surface area (TPSA) is 52.0 Å². The lowest BCUT2D eigenvalue weighted by Crippen LogP contribution is -2.32. The minimum Gasteiger partial charge on any atom is -0.369 e. The van der Waals surface area contributed by atoms with Crippen molar-refractivity contribution in [1.82, 2.24) is 19.9 Å². The highest BCUT2D eigenvalue weighted by molar-refractivity contribution is 7.09. The third-order valence-electron chi connectivity index (χ3n) is 3.62. The average molecular weight is 292 g/mol. The number of imidazole rings is 1. The van der Waals surface area contributed by atoms with Crippen molar-refractivity contribution in [2.75, 3.05) is 6.61 Å². The number of hydrogen-bond donors (Lipinski definition) is 1. The lowest BCUT2D eigenvalue weighted by atomic mass is 10.1. The molecule has 6 heteroatoms. The molecule has 0 amide bonds. The fraction of sp³-hybridized carbons (Fsp3) is 0.571. The van der Waals surface area contributed by atoms with Crippen LogP contribution in [-0.2, 0) is 17.8 Å². The van der Waals surface area contributed by atoms with Crippen molar-refractivity contribution in [2.45, 2.75) is 45.5 Å². The van der Waals surface area contributed by atoms with Crippen LogP contribution >= 0.6 is 11.3 Å². The van der Waals surface area contributed by atoms with Crippen molar-refractivity contribution < 1.29 is 4.74 Å². The van der Waals surface area contributed by atoms with E-state index in [1.807, 2.05) is 19.3 Å². The second kappa shape index (κ2) is 6.03. The van der Waals surface area contributed by atoms with E-state index in [0.29, 0.717) is 6.04 Å². The average Bonchev–Trinajstić information content (AvgIpc) is 3.15. The van der Waals surface area contributed by atoms with Gasteiger partial charge >= 0.3 is 0 Å². The molecule has 0 aliphatic carbocycles. The molecule has 1 aliphatic rings. The lowest BCUT2D eigenvalue weighted by Gasteiger charge is -2.19. The predicted molar refractivity (Wildman–Crippen MR) is 78.7 cm³/mol. The van der Waals surface area contributed by atoms with Gasteiger partial charge in [-0.15, -0.1) is 11.3 Å². The van der Waals surface area contributed by atoms with E-state index < -0.39 is 0 Å². The Labute approximate surface area is 123 Å². The van der Waals surface area contributed by atoms with E-state index in [2.05, 4.69) is 32.2 Å². The van der Waals surface area contributed by atoms with Crippen molar-refractivity contribution in [3.63, 3.8) is 0 Å². The van der Waals surface area contributed by atoms with Gasteiger partial charge in [-0.25, -0.2) is 9.97 Å². The third-order valence-corrected chi connectivity index (χ3v) is 4.58. The van der Waals surface area contributed by atoms with E-state index in [0.717, 1.165) is 42.6 Å². The van der Waals surface area contributed by atoms with Gasteiger partial charge in [0.15, 0.2) is 0 Å². The Morgan fingerprint density at radius 3 is 3.20 bits per heavy atom. The van der Waals surface area contributed by atoms with Crippen molar-refractivity contribution >= 4 is 11.3 Å². The third kappa shape index (κ3) is 2.77. The Hall–Kier alpha value is -1.24. The molecule has 0 bridgehead atoms. The summed E-state index contributed by atoms with van der Waals surface area (Å²) in [5.41, 5.74) is 1.09. The summed E-state index contributed by atoms with van der Waals surface area (Å²) in [6.45, 7) is 6.67. The summed E-state index contributed by atoms with van der Waals surface area (Å²) >= 11 is 1.70. The van der Waals surface area contributed by atoms with Crippen LogP contribution < -0.4 is 5.32 Å². The molecule has 0 unspecified atom stereocenters. The van der Waals surface area contributed by atoms with Crippen LogP contribution in [0.4, 0.5) is 0 Å². The lowest BCUT2D eigenvalue weighted by molar-refractivity contribution is 0.0886. The second-order valence-electron chi connectivity index (χ2n) is 5.02. The Kier molecular flexibility index (Phi) is 4.14. The number of ether oxygens (including phenoxy) is 1. The zero-order chi connectivity index (χ0) is 13.9. The van der Waals surface area contributed by atoms with E-state index in [9.17, 15) is 0 Å². The smallest absolute Gasteiger partial charge is 0.139 e. The molecule has 0 aromatic carbocycles. The number of nitrogens with zero attached hydrogens (tertiary/aromatic N) is 3. The maximum absolute atomic E-state index is 5.88. The van der Waals surface area contributed by atoms with Gasteiger partial charge in [0.05, 0.1) is 0 Å². The van der Waals surface area contributed by atoms with E-state index in [1.165, 1.54) is 0 Å². The number of aromatic nitrogens is 3. The minimum atomic E-state index is 0.0472. The molecule has 20 heavy (non-hydrogen) atoms. The molecule has 0 spiro atoms. The summed E-state index contributed by atoms with van der Waals surface area (Å²) in [5, 5.41) is 6.79. The van der Waals surface area contributed by atoms with Crippen molar-refractivity contribution in [2.24, 2.45) is 0 Å². The van der Waals surface area contributed by atoms with Crippen LogP contribution in [0.1, 0.15) is 36.0 Å². The van der Waals surface area contributed by atoms with Gasteiger partial charge in [0, 0.05) is 49.2 Å². The standard InChI is InChI=1S/C14H20N4OS/c1-3-18-6-5-15-14(18)13-11(4-7-19-13)16-8-12-17-10(2)9-20-12/h5-6,9,11,13,16H,3-4,7-8H2,1-2H3/t11-,13-/m0/s1. The number of hydrogen-bond acceptors (Lipinski definition) is 5. The first-order valence-electron chi connectivity index (χ1n) is 7.05. The molecule has 1 saturated heterocycles. The quantitative estimate of drug-likeness (QED) is 0.918. The molecule has 1 aliphatic heterocycles. The van der Waals surface area contributed by atoms with Crippen LogP contribution in [0.3, 0.4) is 0 Å². The van der Waals surface area contributed by atoms with Crippen LogP contribution in [0.2, 0.25) is 0 Å². The van der Waals surface area contributed by atoms with Crippen molar-refractivity contribution in [3.05, 3.63) is 34.3 Å². The second-order valence-corrected chi connectivity index (χ2v) is 5.96. The first-order valence-corrected chi connectivity index (χ1v) is 7.93. The van der Waals surface area contributed by atoms with Crippen LogP contribution in [0.25, 0.3) is 0 Å². The molecule has 1 fully saturated rings. The first kappa shape index (κ1) is 13.7. The highest BCUT2D eigenvalue weighted by Gasteiger charge is 2.32.